The van der Waals surface area contributed by atoms with E-state index in [9.17, 15) is 0 Å². The topological polar surface area (TPSA) is 41.5 Å². The van der Waals surface area contributed by atoms with Gasteiger partial charge in [0.05, 0.1) is 6.61 Å². The quantitative estimate of drug-likeness (QED) is 0.530. The van der Waals surface area contributed by atoms with Gasteiger partial charge in [0.15, 0.2) is 0 Å². The number of hydrogen-bond donors (Lipinski definition) is 2. The van der Waals surface area contributed by atoms with Gasteiger partial charge in [-0.05, 0) is 0 Å². The fraction of sp³-hybridized carbons (Fsp3) is 0.833. The summed E-state index contributed by atoms with van der Waals surface area (Å²) in [4.78, 5) is 0. The molecule has 0 aliphatic carbocycles. The van der Waals surface area contributed by atoms with Gasteiger partial charge in [-0.25, -0.2) is 0 Å². The number of aliphatic hydroxyl groups excluding tert-OH is 1. The fourth-order valence-corrected chi connectivity index (χ4v) is 0.832. The zero-order chi connectivity index (χ0) is 6.53. The normalized spacial score (nSPS) is 22.3. The number of aliphatic hydroxyl groups is 1. The van der Waals surface area contributed by atoms with Crippen LogP contribution in [0.4, 0.5) is 0 Å². The van der Waals surface area contributed by atoms with Crippen LogP contribution in [0, 0.1) is 6.10 Å². The fourth-order valence-electron chi connectivity index (χ4n) is 0.832. The Kier molecular flexibility index (Phi) is 2.97. The molecule has 1 heterocycles. The van der Waals surface area contributed by atoms with Crippen LogP contribution in [0.25, 0.3) is 0 Å². The van der Waals surface area contributed by atoms with Crippen LogP contribution in [0.3, 0.4) is 0 Å². The van der Waals surface area contributed by atoms with E-state index in [2.05, 4.69) is 5.32 Å². The molecule has 1 saturated heterocycles. The SMILES string of the molecule is OCC[C]1CNCCO1. The first-order valence-electron chi connectivity index (χ1n) is 3.22. The maximum atomic E-state index is 8.49. The minimum absolute atomic E-state index is 0.191. The summed E-state index contributed by atoms with van der Waals surface area (Å²) < 4.78 is 5.21. The summed E-state index contributed by atoms with van der Waals surface area (Å²) in [5.41, 5.74) is 0. The van der Waals surface area contributed by atoms with Crippen LogP contribution in [0.1, 0.15) is 6.42 Å². The Bertz CT molecular complexity index is 68.7. The molecular formula is C6H12NO2. The molecule has 0 atom stereocenters. The monoisotopic (exact) mass is 130 g/mol. The average molecular weight is 130 g/mol. The van der Waals surface area contributed by atoms with Crippen molar-refractivity contribution in [2.75, 3.05) is 26.3 Å². The average Bonchev–Trinajstić information content (AvgIpc) is 1.91. The zero-order valence-electron chi connectivity index (χ0n) is 5.39. The molecule has 0 amide bonds. The lowest BCUT2D eigenvalue weighted by atomic mass is 10.2. The van der Waals surface area contributed by atoms with Crippen molar-refractivity contribution in [3.05, 3.63) is 6.10 Å². The number of morpholine rings is 1. The van der Waals surface area contributed by atoms with Crippen LogP contribution in [0.15, 0.2) is 0 Å². The Morgan fingerprint density at radius 1 is 1.67 bits per heavy atom. The molecule has 0 aromatic rings. The van der Waals surface area contributed by atoms with Gasteiger partial charge in [0.25, 0.3) is 0 Å². The molecule has 0 saturated carbocycles. The van der Waals surface area contributed by atoms with Crippen molar-refractivity contribution in [3.8, 4) is 0 Å². The molecule has 9 heavy (non-hydrogen) atoms. The molecule has 0 bridgehead atoms. The summed E-state index contributed by atoms with van der Waals surface area (Å²) in [6, 6.07) is 0. The Labute approximate surface area is 55.0 Å². The van der Waals surface area contributed by atoms with E-state index in [-0.39, 0.29) is 6.61 Å². The molecule has 2 N–H and O–H groups in total. The lowest BCUT2D eigenvalue weighted by Crippen LogP contribution is -2.33. The standard InChI is InChI=1S/C6H12NO2/c8-3-1-6-5-7-2-4-9-6/h7-8H,1-5H2. The van der Waals surface area contributed by atoms with E-state index >= 15 is 0 Å². The number of nitrogens with one attached hydrogen (secondary N) is 1. The Morgan fingerprint density at radius 3 is 3.11 bits per heavy atom. The van der Waals surface area contributed by atoms with E-state index in [1.54, 1.807) is 0 Å². The van der Waals surface area contributed by atoms with Crippen molar-refractivity contribution < 1.29 is 9.84 Å². The maximum absolute atomic E-state index is 8.49. The molecule has 1 aliphatic heterocycles. The first-order chi connectivity index (χ1) is 4.43. The van der Waals surface area contributed by atoms with E-state index in [4.69, 9.17) is 9.84 Å². The highest BCUT2D eigenvalue weighted by atomic mass is 16.5. The number of ether oxygens (including phenoxy) is 1. The highest BCUT2D eigenvalue weighted by Crippen LogP contribution is 2.07. The Hall–Kier alpha value is -0.120. The summed E-state index contributed by atoms with van der Waals surface area (Å²) in [5, 5.41) is 11.6. The molecule has 1 rings (SSSR count). The molecule has 1 fully saturated rings. The number of rotatable bonds is 2. The van der Waals surface area contributed by atoms with Gasteiger partial charge in [-0.3, -0.25) is 0 Å². The van der Waals surface area contributed by atoms with Gasteiger partial charge in [0.2, 0.25) is 0 Å². The Balaban J connectivity index is 2.08. The van der Waals surface area contributed by atoms with Crippen LogP contribution < -0.4 is 5.32 Å². The second kappa shape index (κ2) is 3.82. The predicted octanol–water partition coefficient (Wildman–Crippen LogP) is -0.479. The minimum Gasteiger partial charge on any atom is -0.396 e. The van der Waals surface area contributed by atoms with E-state index in [1.165, 1.54) is 0 Å². The molecule has 0 unspecified atom stereocenters. The summed E-state index contributed by atoms with van der Waals surface area (Å²) in [6.07, 6.45) is 1.65. The van der Waals surface area contributed by atoms with Crippen LogP contribution in [-0.2, 0) is 4.74 Å². The zero-order valence-corrected chi connectivity index (χ0v) is 5.39. The van der Waals surface area contributed by atoms with E-state index < -0.39 is 0 Å². The Morgan fingerprint density at radius 2 is 2.56 bits per heavy atom. The third-order valence-corrected chi connectivity index (χ3v) is 1.30. The van der Waals surface area contributed by atoms with Gasteiger partial charge in [0, 0.05) is 26.1 Å². The lowest BCUT2D eigenvalue weighted by Gasteiger charge is -2.21. The summed E-state index contributed by atoms with van der Waals surface area (Å²) in [7, 11) is 0. The van der Waals surface area contributed by atoms with Crippen molar-refractivity contribution in [1.82, 2.24) is 5.32 Å². The van der Waals surface area contributed by atoms with Gasteiger partial charge >= 0.3 is 0 Å². The minimum atomic E-state index is 0.191. The van der Waals surface area contributed by atoms with Crippen LogP contribution in [0.5, 0.6) is 0 Å². The van der Waals surface area contributed by atoms with E-state index in [1.807, 2.05) is 0 Å². The molecular weight excluding hydrogens is 118 g/mol. The van der Waals surface area contributed by atoms with Crippen LogP contribution in [0.2, 0.25) is 0 Å². The predicted molar refractivity (Wildman–Crippen MR) is 33.8 cm³/mol. The largest absolute Gasteiger partial charge is 0.396 e. The van der Waals surface area contributed by atoms with Crippen molar-refractivity contribution in [2.45, 2.75) is 6.42 Å². The number of hydrogen-bond acceptors (Lipinski definition) is 3. The molecule has 3 heteroatoms. The highest BCUT2D eigenvalue weighted by molar-refractivity contribution is 4.83. The second-order valence-electron chi connectivity index (χ2n) is 2.04. The molecule has 1 radical (unpaired) electrons. The second-order valence-corrected chi connectivity index (χ2v) is 2.04. The summed E-state index contributed by atoms with van der Waals surface area (Å²) in [6.45, 7) is 2.67. The first-order valence-corrected chi connectivity index (χ1v) is 3.22. The molecule has 1 aliphatic rings. The van der Waals surface area contributed by atoms with Crippen molar-refractivity contribution in [1.29, 1.82) is 0 Å². The third-order valence-electron chi connectivity index (χ3n) is 1.30. The molecule has 3 nitrogen and oxygen atoms in total. The van der Waals surface area contributed by atoms with Gasteiger partial charge < -0.3 is 15.2 Å². The van der Waals surface area contributed by atoms with Gasteiger partial charge in [0.1, 0.15) is 6.10 Å². The van der Waals surface area contributed by atoms with Gasteiger partial charge in [-0.15, -0.1) is 0 Å². The summed E-state index contributed by atoms with van der Waals surface area (Å²) in [5.74, 6) is 0. The lowest BCUT2D eigenvalue weighted by molar-refractivity contribution is 0.0922. The first kappa shape index (κ1) is 6.99. The van der Waals surface area contributed by atoms with E-state index in [0.717, 1.165) is 25.8 Å². The van der Waals surface area contributed by atoms with Gasteiger partial charge in [-0.2, -0.15) is 0 Å². The third kappa shape index (κ3) is 2.30. The van der Waals surface area contributed by atoms with Crippen molar-refractivity contribution in [2.24, 2.45) is 0 Å². The molecule has 0 aromatic carbocycles. The molecule has 53 valence electrons. The van der Waals surface area contributed by atoms with Gasteiger partial charge in [-0.1, -0.05) is 0 Å². The smallest absolute Gasteiger partial charge is 0.113 e. The molecule has 0 aromatic heterocycles. The highest BCUT2D eigenvalue weighted by Gasteiger charge is 2.12. The van der Waals surface area contributed by atoms with Crippen LogP contribution >= 0.6 is 0 Å². The van der Waals surface area contributed by atoms with Crippen molar-refractivity contribution in [3.63, 3.8) is 0 Å². The van der Waals surface area contributed by atoms with Crippen LogP contribution in [-0.4, -0.2) is 31.4 Å². The van der Waals surface area contributed by atoms with E-state index in [0.29, 0.717) is 6.42 Å². The summed E-state index contributed by atoms with van der Waals surface area (Å²) >= 11 is 0. The van der Waals surface area contributed by atoms with Crippen molar-refractivity contribution >= 4 is 0 Å². The maximum Gasteiger partial charge on any atom is 0.113 e. The molecule has 0 spiro atoms.